The summed E-state index contributed by atoms with van der Waals surface area (Å²) < 4.78 is 0. The van der Waals surface area contributed by atoms with Crippen LogP contribution in [0, 0.1) is 10.1 Å². The molecule has 0 saturated heterocycles. The normalized spacial score (nSPS) is 13.5. The number of hydrogen-bond acceptors (Lipinski definition) is 3. The van der Waals surface area contributed by atoms with Gasteiger partial charge in [0.2, 0.25) is 6.04 Å². The van der Waals surface area contributed by atoms with E-state index in [2.05, 4.69) is 5.32 Å². The van der Waals surface area contributed by atoms with Crippen molar-refractivity contribution in [1.29, 1.82) is 0 Å². The summed E-state index contributed by atoms with van der Waals surface area (Å²) in [5, 5.41) is 13.3. The highest BCUT2D eigenvalue weighted by molar-refractivity contribution is 4.60. The summed E-state index contributed by atoms with van der Waals surface area (Å²) in [6.07, 6.45) is 0.590. The molecule has 66 valence electrons. The first kappa shape index (κ1) is 10.4. The zero-order valence-corrected chi connectivity index (χ0v) is 7.33. The number of hydrogen-bond donors (Lipinski definition) is 1. The molecule has 0 saturated carbocycles. The number of nitrogens with one attached hydrogen (secondary N) is 1. The van der Waals surface area contributed by atoms with Gasteiger partial charge in [0.15, 0.2) is 0 Å². The second-order valence-electron chi connectivity index (χ2n) is 2.91. The fraction of sp³-hybridized carbons (Fsp3) is 1.00. The minimum Gasteiger partial charge on any atom is -0.308 e. The fourth-order valence-electron chi connectivity index (χ4n) is 0.740. The molecule has 1 atom stereocenters. The highest BCUT2D eigenvalue weighted by Gasteiger charge is 2.16. The van der Waals surface area contributed by atoms with E-state index in [0.717, 1.165) is 0 Å². The molecular formula is C7H16N2O2. The predicted octanol–water partition coefficient (Wildman–Crippen LogP) is 1.04. The maximum absolute atomic E-state index is 10.3. The Morgan fingerprint density at radius 2 is 2.09 bits per heavy atom. The van der Waals surface area contributed by atoms with Crippen LogP contribution in [0.1, 0.15) is 27.2 Å². The van der Waals surface area contributed by atoms with E-state index in [4.69, 9.17) is 0 Å². The minimum absolute atomic E-state index is 0.227. The van der Waals surface area contributed by atoms with Gasteiger partial charge in [0.25, 0.3) is 0 Å². The number of nitro groups is 1. The molecule has 0 aliphatic rings. The summed E-state index contributed by atoms with van der Waals surface area (Å²) in [7, 11) is 0. The average Bonchev–Trinajstić information content (AvgIpc) is 1.87. The van der Waals surface area contributed by atoms with Gasteiger partial charge in [0, 0.05) is 17.4 Å². The van der Waals surface area contributed by atoms with Crippen LogP contribution >= 0.6 is 0 Å². The lowest BCUT2D eigenvalue weighted by molar-refractivity contribution is -0.520. The fourth-order valence-corrected chi connectivity index (χ4v) is 0.740. The monoisotopic (exact) mass is 160 g/mol. The zero-order valence-electron chi connectivity index (χ0n) is 7.33. The van der Waals surface area contributed by atoms with Crippen LogP contribution in [0.2, 0.25) is 0 Å². The lowest BCUT2D eigenvalue weighted by atomic mass is 10.2. The SMILES string of the molecule is CCC(CNC(C)C)[N+](=O)[O-]. The molecule has 0 aliphatic carbocycles. The molecule has 4 heteroatoms. The molecule has 0 bridgehead atoms. The van der Waals surface area contributed by atoms with Crippen LogP contribution in [0.25, 0.3) is 0 Å². The van der Waals surface area contributed by atoms with E-state index < -0.39 is 6.04 Å². The third-order valence-electron chi connectivity index (χ3n) is 1.53. The second-order valence-corrected chi connectivity index (χ2v) is 2.91. The standard InChI is InChI=1S/C7H16N2O2/c1-4-7(9(10)11)5-8-6(2)3/h6-8H,4-5H2,1-3H3. The van der Waals surface area contributed by atoms with Crippen molar-refractivity contribution in [2.45, 2.75) is 39.3 Å². The zero-order chi connectivity index (χ0) is 8.85. The Balaban J connectivity index is 3.61. The van der Waals surface area contributed by atoms with Crippen molar-refractivity contribution in [3.63, 3.8) is 0 Å². The molecule has 0 radical (unpaired) electrons. The van der Waals surface area contributed by atoms with E-state index in [1.54, 1.807) is 0 Å². The van der Waals surface area contributed by atoms with E-state index in [1.807, 2.05) is 20.8 Å². The van der Waals surface area contributed by atoms with Crippen molar-refractivity contribution in [2.24, 2.45) is 0 Å². The summed E-state index contributed by atoms with van der Waals surface area (Å²) in [4.78, 5) is 10.1. The van der Waals surface area contributed by atoms with Crippen LogP contribution < -0.4 is 5.32 Å². The molecule has 1 N–H and O–H groups in total. The Bertz CT molecular complexity index is 126. The topological polar surface area (TPSA) is 55.2 Å². The summed E-state index contributed by atoms with van der Waals surface area (Å²) >= 11 is 0. The molecule has 0 spiro atoms. The first-order chi connectivity index (χ1) is 5.07. The van der Waals surface area contributed by atoms with Crippen LogP contribution in [0.3, 0.4) is 0 Å². The average molecular weight is 160 g/mol. The molecule has 4 nitrogen and oxygen atoms in total. The van der Waals surface area contributed by atoms with Crippen molar-refractivity contribution in [1.82, 2.24) is 5.32 Å². The molecule has 0 aromatic heterocycles. The Hall–Kier alpha value is -0.640. The summed E-state index contributed by atoms with van der Waals surface area (Å²) in [5.41, 5.74) is 0. The smallest absolute Gasteiger partial charge is 0.225 e. The van der Waals surface area contributed by atoms with Crippen LogP contribution in [-0.2, 0) is 0 Å². The highest BCUT2D eigenvalue weighted by atomic mass is 16.6. The Morgan fingerprint density at radius 3 is 2.36 bits per heavy atom. The molecule has 0 heterocycles. The summed E-state index contributed by atoms with van der Waals surface area (Å²) in [6, 6.07) is -0.110. The van der Waals surface area contributed by atoms with Gasteiger partial charge in [0.05, 0.1) is 6.54 Å². The largest absolute Gasteiger partial charge is 0.308 e. The summed E-state index contributed by atoms with van der Waals surface area (Å²) in [5.74, 6) is 0. The molecule has 11 heavy (non-hydrogen) atoms. The van der Waals surface area contributed by atoms with E-state index >= 15 is 0 Å². The van der Waals surface area contributed by atoms with E-state index in [1.165, 1.54) is 0 Å². The highest BCUT2D eigenvalue weighted by Crippen LogP contribution is 1.94. The molecule has 0 fully saturated rings. The quantitative estimate of drug-likeness (QED) is 0.483. The molecule has 0 aromatic carbocycles. The summed E-state index contributed by atoms with van der Waals surface area (Å²) in [6.45, 7) is 6.26. The van der Waals surface area contributed by atoms with Gasteiger partial charge < -0.3 is 5.32 Å². The van der Waals surface area contributed by atoms with Gasteiger partial charge in [-0.1, -0.05) is 20.8 Å². The van der Waals surface area contributed by atoms with Gasteiger partial charge in [0.1, 0.15) is 0 Å². The first-order valence-electron chi connectivity index (χ1n) is 3.94. The van der Waals surface area contributed by atoms with Crippen molar-refractivity contribution < 1.29 is 4.92 Å². The Labute approximate surface area is 67.1 Å². The molecule has 1 unspecified atom stereocenters. The molecule has 0 rings (SSSR count). The van der Waals surface area contributed by atoms with Gasteiger partial charge in [-0.15, -0.1) is 0 Å². The Morgan fingerprint density at radius 1 is 1.55 bits per heavy atom. The van der Waals surface area contributed by atoms with Crippen LogP contribution in [0.4, 0.5) is 0 Å². The molecule has 0 amide bonds. The van der Waals surface area contributed by atoms with Gasteiger partial charge in [-0.25, -0.2) is 0 Å². The van der Waals surface area contributed by atoms with Crippen LogP contribution in [0.15, 0.2) is 0 Å². The predicted molar refractivity (Wildman–Crippen MR) is 44.2 cm³/mol. The van der Waals surface area contributed by atoms with Crippen LogP contribution in [0.5, 0.6) is 0 Å². The van der Waals surface area contributed by atoms with Gasteiger partial charge in [-0.05, 0) is 0 Å². The number of nitrogens with zero attached hydrogens (tertiary/aromatic N) is 1. The van der Waals surface area contributed by atoms with Crippen molar-refractivity contribution in [3.8, 4) is 0 Å². The van der Waals surface area contributed by atoms with Gasteiger partial charge in [-0.3, -0.25) is 10.1 Å². The lowest BCUT2D eigenvalue weighted by Gasteiger charge is -2.10. The maximum atomic E-state index is 10.3. The third-order valence-corrected chi connectivity index (χ3v) is 1.53. The van der Waals surface area contributed by atoms with Gasteiger partial charge in [-0.2, -0.15) is 0 Å². The van der Waals surface area contributed by atoms with Crippen molar-refractivity contribution >= 4 is 0 Å². The Kier molecular flexibility index (Phi) is 4.77. The molecule has 0 aromatic rings. The van der Waals surface area contributed by atoms with Crippen molar-refractivity contribution in [2.75, 3.05) is 6.54 Å². The van der Waals surface area contributed by atoms with E-state index in [-0.39, 0.29) is 4.92 Å². The number of rotatable bonds is 5. The van der Waals surface area contributed by atoms with E-state index in [0.29, 0.717) is 19.0 Å². The van der Waals surface area contributed by atoms with Crippen LogP contribution in [-0.4, -0.2) is 23.6 Å². The molecular weight excluding hydrogens is 144 g/mol. The lowest BCUT2D eigenvalue weighted by Crippen LogP contribution is -2.35. The van der Waals surface area contributed by atoms with Crippen molar-refractivity contribution in [3.05, 3.63) is 10.1 Å². The molecule has 0 aliphatic heterocycles. The maximum Gasteiger partial charge on any atom is 0.225 e. The third kappa shape index (κ3) is 4.72. The van der Waals surface area contributed by atoms with Gasteiger partial charge >= 0.3 is 0 Å². The van der Waals surface area contributed by atoms with E-state index in [9.17, 15) is 10.1 Å². The second kappa shape index (κ2) is 5.07. The first-order valence-corrected chi connectivity index (χ1v) is 3.94. The minimum atomic E-state index is -0.433.